The Morgan fingerprint density at radius 1 is 1.44 bits per heavy atom. The van der Waals surface area contributed by atoms with Crippen molar-refractivity contribution in [2.75, 3.05) is 6.26 Å². The highest BCUT2D eigenvalue weighted by Gasteiger charge is 2.38. The molecule has 92 valence electrons. The highest BCUT2D eigenvalue weighted by atomic mass is 32.2. The number of aryl methyl sites for hydroxylation is 1. The Morgan fingerprint density at radius 2 is 2.00 bits per heavy atom. The van der Waals surface area contributed by atoms with Crippen LogP contribution in [0.15, 0.2) is 12.1 Å². The Balaban J connectivity index is 3.06. The second-order valence-electron chi connectivity index (χ2n) is 4.51. The number of sulfone groups is 1. The second kappa shape index (κ2) is 4.47. The largest absolute Gasteiger partial charge is 0.322 e. The van der Waals surface area contributed by atoms with Gasteiger partial charge in [-0.1, -0.05) is 6.92 Å². The maximum absolute atomic E-state index is 11.7. The van der Waals surface area contributed by atoms with Crippen molar-refractivity contribution in [2.45, 2.75) is 38.0 Å². The number of rotatable bonds is 4. The molecule has 1 heterocycles. The molecule has 1 rings (SSSR count). The first-order valence-electron chi connectivity index (χ1n) is 5.24. The first-order valence-corrected chi connectivity index (χ1v) is 7.94. The fraction of sp³-hybridized carbons (Fsp3) is 0.636. The lowest BCUT2D eigenvalue weighted by Gasteiger charge is -2.28. The van der Waals surface area contributed by atoms with Gasteiger partial charge in [0.15, 0.2) is 9.84 Å². The first kappa shape index (κ1) is 13.7. The molecule has 1 aromatic rings. The summed E-state index contributed by atoms with van der Waals surface area (Å²) >= 11 is 1.59. The summed E-state index contributed by atoms with van der Waals surface area (Å²) in [5, 5.41) is 0. The van der Waals surface area contributed by atoms with Gasteiger partial charge in [-0.3, -0.25) is 0 Å². The summed E-state index contributed by atoms with van der Waals surface area (Å²) in [6, 6.07) is 3.48. The van der Waals surface area contributed by atoms with Crippen molar-refractivity contribution in [1.82, 2.24) is 0 Å². The highest BCUT2D eigenvalue weighted by Crippen LogP contribution is 2.33. The number of hydrogen-bond donors (Lipinski definition) is 1. The molecule has 5 heteroatoms. The molecule has 0 aliphatic heterocycles. The van der Waals surface area contributed by atoms with E-state index in [4.69, 9.17) is 5.73 Å². The Bertz CT molecular complexity index is 460. The maximum atomic E-state index is 11.7. The van der Waals surface area contributed by atoms with Gasteiger partial charge < -0.3 is 5.73 Å². The van der Waals surface area contributed by atoms with Gasteiger partial charge in [0.1, 0.15) is 0 Å². The summed E-state index contributed by atoms with van der Waals surface area (Å²) < 4.78 is 22.4. The summed E-state index contributed by atoms with van der Waals surface area (Å²) in [6.45, 7) is 5.43. The molecular weight excluding hydrogens is 242 g/mol. The van der Waals surface area contributed by atoms with Crippen molar-refractivity contribution in [2.24, 2.45) is 5.73 Å². The minimum atomic E-state index is -3.17. The molecule has 0 bridgehead atoms. The van der Waals surface area contributed by atoms with Crippen LogP contribution >= 0.6 is 11.3 Å². The monoisotopic (exact) mass is 261 g/mol. The first-order chi connectivity index (χ1) is 7.20. The van der Waals surface area contributed by atoms with Crippen molar-refractivity contribution < 1.29 is 8.42 Å². The van der Waals surface area contributed by atoms with Crippen LogP contribution in [-0.2, 0) is 16.3 Å². The van der Waals surface area contributed by atoms with Crippen molar-refractivity contribution in [3.05, 3.63) is 21.9 Å². The molecular formula is C11H19NO2S2. The van der Waals surface area contributed by atoms with E-state index in [0.29, 0.717) is 0 Å². The Labute approximate surface area is 102 Å². The molecule has 0 aliphatic rings. The van der Waals surface area contributed by atoms with Crippen LogP contribution in [0.25, 0.3) is 0 Å². The van der Waals surface area contributed by atoms with Gasteiger partial charge in [-0.25, -0.2) is 8.42 Å². The molecule has 0 saturated carbocycles. The fourth-order valence-electron chi connectivity index (χ4n) is 1.32. The van der Waals surface area contributed by atoms with Crippen LogP contribution < -0.4 is 5.73 Å². The molecule has 1 unspecified atom stereocenters. The van der Waals surface area contributed by atoms with Crippen molar-refractivity contribution in [3.8, 4) is 0 Å². The van der Waals surface area contributed by atoms with E-state index in [0.717, 1.165) is 11.3 Å². The minimum absolute atomic E-state index is 0.465. The zero-order chi connectivity index (χ0) is 12.6. The smallest absolute Gasteiger partial charge is 0.154 e. The molecule has 0 spiro atoms. The maximum Gasteiger partial charge on any atom is 0.154 e. The van der Waals surface area contributed by atoms with E-state index in [-0.39, 0.29) is 0 Å². The third-order valence-electron chi connectivity index (χ3n) is 3.04. The van der Waals surface area contributed by atoms with Crippen molar-refractivity contribution in [3.63, 3.8) is 0 Å². The van der Waals surface area contributed by atoms with Gasteiger partial charge in [-0.05, 0) is 32.4 Å². The summed E-state index contributed by atoms with van der Waals surface area (Å²) in [7, 11) is -3.17. The molecule has 16 heavy (non-hydrogen) atoms. The summed E-state index contributed by atoms with van der Waals surface area (Å²) in [5.74, 6) is 0. The lowest BCUT2D eigenvalue weighted by Crippen LogP contribution is -2.41. The zero-order valence-corrected chi connectivity index (χ0v) is 11.8. The van der Waals surface area contributed by atoms with Crippen molar-refractivity contribution >= 4 is 21.2 Å². The van der Waals surface area contributed by atoms with E-state index in [1.807, 2.05) is 12.1 Å². The molecule has 0 saturated heterocycles. The molecule has 1 aromatic heterocycles. The predicted molar refractivity (Wildman–Crippen MR) is 69.5 cm³/mol. The van der Waals surface area contributed by atoms with E-state index < -0.39 is 20.6 Å². The standard InChI is InChI=1S/C11H19NO2S2/c1-5-8-6-7-9(15-8)10(12)11(2,3)16(4,13)14/h6-7,10H,5,12H2,1-4H3. The van der Waals surface area contributed by atoms with Crippen LogP contribution in [0.1, 0.15) is 36.6 Å². The topological polar surface area (TPSA) is 60.2 Å². The van der Waals surface area contributed by atoms with Crippen LogP contribution in [0.3, 0.4) is 0 Å². The third-order valence-corrected chi connectivity index (χ3v) is 6.52. The summed E-state index contributed by atoms with van der Waals surface area (Å²) in [4.78, 5) is 2.17. The molecule has 0 amide bonds. The Kier molecular flexibility index (Phi) is 3.82. The van der Waals surface area contributed by atoms with Crippen LogP contribution in [0.2, 0.25) is 0 Å². The molecule has 1 atom stereocenters. The highest BCUT2D eigenvalue weighted by molar-refractivity contribution is 7.92. The Hall–Kier alpha value is -0.390. The SMILES string of the molecule is CCc1ccc(C(N)C(C)(C)S(C)(=O)=O)s1. The van der Waals surface area contributed by atoms with E-state index in [2.05, 4.69) is 6.92 Å². The van der Waals surface area contributed by atoms with Gasteiger partial charge >= 0.3 is 0 Å². The molecule has 0 aromatic carbocycles. The van der Waals surface area contributed by atoms with Gasteiger partial charge in [0.05, 0.1) is 10.8 Å². The van der Waals surface area contributed by atoms with E-state index in [1.165, 1.54) is 11.1 Å². The zero-order valence-electron chi connectivity index (χ0n) is 10.1. The van der Waals surface area contributed by atoms with Gasteiger partial charge in [-0.15, -0.1) is 11.3 Å². The number of nitrogens with two attached hydrogens (primary N) is 1. The second-order valence-corrected chi connectivity index (χ2v) is 8.31. The van der Waals surface area contributed by atoms with Crippen molar-refractivity contribution in [1.29, 1.82) is 0 Å². The van der Waals surface area contributed by atoms with Gasteiger partial charge in [0.25, 0.3) is 0 Å². The third kappa shape index (κ3) is 2.47. The average Bonchev–Trinajstić information content (AvgIpc) is 2.62. The fourth-order valence-corrected chi connectivity index (χ4v) is 3.13. The van der Waals surface area contributed by atoms with E-state index in [1.54, 1.807) is 25.2 Å². The van der Waals surface area contributed by atoms with Crippen LogP contribution in [0.4, 0.5) is 0 Å². The van der Waals surface area contributed by atoms with Gasteiger partial charge in [-0.2, -0.15) is 0 Å². The van der Waals surface area contributed by atoms with Gasteiger partial charge in [0.2, 0.25) is 0 Å². The van der Waals surface area contributed by atoms with Crippen LogP contribution in [0.5, 0.6) is 0 Å². The minimum Gasteiger partial charge on any atom is -0.322 e. The summed E-state index contributed by atoms with van der Waals surface area (Å²) in [6.07, 6.45) is 2.19. The number of thiophene rings is 1. The lowest BCUT2D eigenvalue weighted by molar-refractivity contribution is 0.501. The lowest BCUT2D eigenvalue weighted by atomic mass is 10.0. The Morgan fingerprint density at radius 3 is 2.38 bits per heavy atom. The molecule has 0 aliphatic carbocycles. The van der Waals surface area contributed by atoms with Crippen LogP contribution in [0, 0.1) is 0 Å². The molecule has 0 radical (unpaired) electrons. The van der Waals surface area contributed by atoms with E-state index in [9.17, 15) is 8.42 Å². The average molecular weight is 261 g/mol. The molecule has 0 fully saturated rings. The molecule has 3 nitrogen and oxygen atoms in total. The predicted octanol–water partition coefficient (Wildman–Crippen LogP) is 2.13. The van der Waals surface area contributed by atoms with Gasteiger partial charge in [0, 0.05) is 16.0 Å². The normalized spacial score (nSPS) is 15.1. The van der Waals surface area contributed by atoms with Crippen LogP contribution in [-0.4, -0.2) is 19.4 Å². The quantitative estimate of drug-likeness (QED) is 0.903. The van der Waals surface area contributed by atoms with E-state index >= 15 is 0 Å². The molecule has 2 N–H and O–H groups in total. The summed E-state index contributed by atoms with van der Waals surface area (Å²) in [5.41, 5.74) is 6.06. The number of hydrogen-bond acceptors (Lipinski definition) is 4.